The summed E-state index contributed by atoms with van der Waals surface area (Å²) in [7, 11) is 2.00. The number of hydrogen-bond acceptors (Lipinski definition) is 5. The zero-order valence-electron chi connectivity index (χ0n) is 14.6. The van der Waals surface area contributed by atoms with Gasteiger partial charge in [0.05, 0.1) is 17.5 Å². The molecule has 3 saturated heterocycles. The second-order valence-corrected chi connectivity index (χ2v) is 7.20. The first-order valence-corrected chi connectivity index (χ1v) is 9.10. The van der Waals surface area contributed by atoms with Crippen LogP contribution in [0.3, 0.4) is 0 Å². The summed E-state index contributed by atoms with van der Waals surface area (Å²) in [6.07, 6.45) is 5.96. The molecule has 6 nitrogen and oxygen atoms in total. The maximum absolute atomic E-state index is 7.67. The van der Waals surface area contributed by atoms with E-state index in [9.17, 15) is 0 Å². The van der Waals surface area contributed by atoms with Crippen molar-refractivity contribution in [3.8, 4) is 0 Å². The van der Waals surface area contributed by atoms with E-state index in [2.05, 4.69) is 21.3 Å². The molecule has 3 rings (SSSR count). The van der Waals surface area contributed by atoms with Gasteiger partial charge in [0.25, 0.3) is 0 Å². The summed E-state index contributed by atoms with van der Waals surface area (Å²) in [5.74, 6) is 0. The van der Waals surface area contributed by atoms with Gasteiger partial charge in [-0.05, 0) is 45.1 Å². The van der Waals surface area contributed by atoms with Gasteiger partial charge in [-0.1, -0.05) is 6.08 Å². The van der Waals surface area contributed by atoms with Crippen molar-refractivity contribution in [3.63, 3.8) is 0 Å². The van der Waals surface area contributed by atoms with Gasteiger partial charge in [-0.15, -0.1) is 6.58 Å². The molecular weight excluding hydrogens is 320 g/mol. The third-order valence-corrected chi connectivity index (χ3v) is 5.45. The maximum atomic E-state index is 7.67. The highest BCUT2D eigenvalue weighted by Crippen LogP contribution is 2.21. The number of fused-ring (bicyclic) bond motifs is 1. The third-order valence-electron chi connectivity index (χ3n) is 5.19. The van der Waals surface area contributed by atoms with Crippen LogP contribution < -0.4 is 5.73 Å². The Hall–Kier alpha value is -1.31. The molecule has 0 aliphatic carbocycles. The first kappa shape index (κ1) is 19.0. The van der Waals surface area contributed by atoms with E-state index in [0.717, 1.165) is 38.6 Å². The summed E-state index contributed by atoms with van der Waals surface area (Å²) in [6.45, 7) is 9.03. The molecule has 0 amide bonds. The predicted octanol–water partition coefficient (Wildman–Crippen LogP) is 1.56. The molecule has 0 radical (unpaired) electrons. The normalized spacial score (nSPS) is 28.1. The van der Waals surface area contributed by atoms with Crippen LogP contribution in [0.25, 0.3) is 0 Å². The van der Waals surface area contributed by atoms with Gasteiger partial charge >= 0.3 is 0 Å². The first-order chi connectivity index (χ1) is 11.4. The van der Waals surface area contributed by atoms with E-state index < -0.39 is 0 Å². The van der Waals surface area contributed by atoms with Gasteiger partial charge in [-0.2, -0.15) is 0 Å². The Bertz CT molecular complexity index is 511. The molecule has 4 N–H and O–H groups in total. The lowest BCUT2D eigenvalue weighted by atomic mass is 9.96. The number of nitrogens with one attached hydrogen (secondary N) is 2. The zero-order chi connectivity index (χ0) is 17.7. The molecule has 2 atom stereocenters. The van der Waals surface area contributed by atoms with E-state index in [4.69, 9.17) is 28.8 Å². The number of nitrogens with zero attached hydrogens (tertiary/aromatic N) is 3. The average molecular weight is 353 g/mol. The van der Waals surface area contributed by atoms with Crippen LogP contribution in [0.15, 0.2) is 12.7 Å². The Morgan fingerprint density at radius 2 is 2.12 bits per heavy atom. The van der Waals surface area contributed by atoms with E-state index >= 15 is 0 Å². The molecule has 24 heavy (non-hydrogen) atoms. The van der Waals surface area contributed by atoms with Crippen molar-refractivity contribution in [1.29, 1.82) is 10.8 Å². The number of hydrogen-bond donors (Lipinski definition) is 3. The molecule has 0 bridgehead atoms. The summed E-state index contributed by atoms with van der Waals surface area (Å²) in [4.78, 5) is 6.79. The van der Waals surface area contributed by atoms with Crippen LogP contribution in [0, 0.1) is 10.8 Å². The van der Waals surface area contributed by atoms with Crippen molar-refractivity contribution in [2.24, 2.45) is 5.73 Å². The number of piperidine rings is 1. The number of piperazine rings is 1. The topological polar surface area (TPSA) is 83.4 Å². The van der Waals surface area contributed by atoms with Crippen molar-refractivity contribution in [2.45, 2.75) is 37.8 Å². The van der Waals surface area contributed by atoms with Crippen molar-refractivity contribution in [1.82, 2.24) is 14.7 Å². The van der Waals surface area contributed by atoms with Gasteiger partial charge < -0.3 is 21.5 Å². The molecule has 3 aliphatic rings. The van der Waals surface area contributed by atoms with Crippen molar-refractivity contribution in [3.05, 3.63) is 12.7 Å². The number of likely N-dealkylation sites (tertiary alicyclic amines) is 1. The van der Waals surface area contributed by atoms with Gasteiger partial charge in [-0.25, -0.2) is 0 Å². The summed E-state index contributed by atoms with van der Waals surface area (Å²) >= 11 is 4.96. The van der Waals surface area contributed by atoms with Crippen molar-refractivity contribution in [2.75, 3.05) is 39.8 Å². The molecule has 0 aromatic heterocycles. The monoisotopic (exact) mass is 352 g/mol. The Kier molecular flexibility index (Phi) is 6.89. The van der Waals surface area contributed by atoms with Crippen LogP contribution in [0.4, 0.5) is 0 Å². The minimum Gasteiger partial charge on any atom is -0.376 e. The van der Waals surface area contributed by atoms with E-state index in [1.54, 1.807) is 0 Å². The van der Waals surface area contributed by atoms with Crippen molar-refractivity contribution < 1.29 is 1.43 Å². The highest BCUT2D eigenvalue weighted by Gasteiger charge is 2.30. The molecule has 7 heteroatoms. The summed E-state index contributed by atoms with van der Waals surface area (Å²) in [5.41, 5.74) is 6.54. The van der Waals surface area contributed by atoms with Crippen LogP contribution in [0.2, 0.25) is 0 Å². The molecule has 3 aliphatic heterocycles. The van der Waals surface area contributed by atoms with E-state index in [0.29, 0.717) is 23.0 Å². The van der Waals surface area contributed by atoms with Gasteiger partial charge in [0.15, 0.2) is 5.11 Å². The minimum absolute atomic E-state index is 0. The SMILES string of the molecule is C=CCC1C(=N)C(=N)CCN1C.NC(=S)N1CCN2CCCC2C1.[HH]. The second-order valence-electron chi connectivity index (χ2n) is 6.78. The van der Waals surface area contributed by atoms with E-state index in [-0.39, 0.29) is 7.47 Å². The number of thiocarbonyl (C=S) groups is 1. The fraction of sp³-hybridized carbons (Fsp3) is 0.706. The lowest BCUT2D eigenvalue weighted by molar-refractivity contribution is 0.152. The summed E-state index contributed by atoms with van der Waals surface area (Å²) in [6, 6.07) is 0.809. The number of rotatable bonds is 2. The highest BCUT2D eigenvalue weighted by atomic mass is 32.1. The molecular formula is C17H32N6S. The van der Waals surface area contributed by atoms with Gasteiger partial charge in [0, 0.05) is 40.1 Å². The van der Waals surface area contributed by atoms with Gasteiger partial charge in [0.1, 0.15) is 0 Å². The Balaban J connectivity index is 0.000000240. The standard InChI is InChI=1S/C9H15N3.C8H15N3S.H2/c1-3-4-8-9(11)7(10)5-6-12(8)2;9-8(12)11-5-4-10-3-1-2-7(10)6-11;/h3,8,10-11H,1,4-6H2,2H3;7H,1-6H2,(H2,9,12);1H. The first-order valence-electron chi connectivity index (χ1n) is 8.69. The Morgan fingerprint density at radius 3 is 2.79 bits per heavy atom. The smallest absolute Gasteiger partial charge is 0.166 e. The van der Waals surface area contributed by atoms with Crippen LogP contribution in [-0.4, -0.2) is 83.1 Å². The van der Waals surface area contributed by atoms with Crippen molar-refractivity contribution >= 4 is 28.8 Å². The Morgan fingerprint density at radius 1 is 1.38 bits per heavy atom. The fourth-order valence-corrected chi connectivity index (χ4v) is 3.81. The van der Waals surface area contributed by atoms with Crippen LogP contribution in [0.1, 0.15) is 27.1 Å². The lowest BCUT2D eigenvalue weighted by Gasteiger charge is -2.37. The van der Waals surface area contributed by atoms with E-state index in [1.807, 2.05) is 13.1 Å². The molecule has 0 aromatic carbocycles. The predicted molar refractivity (Wildman–Crippen MR) is 106 cm³/mol. The third kappa shape index (κ3) is 4.62. The van der Waals surface area contributed by atoms with Crippen LogP contribution in [0.5, 0.6) is 0 Å². The fourth-order valence-electron chi connectivity index (χ4n) is 3.65. The van der Waals surface area contributed by atoms with E-state index in [1.165, 1.54) is 19.4 Å². The molecule has 0 aromatic rings. The summed E-state index contributed by atoms with van der Waals surface area (Å²) in [5, 5.41) is 15.8. The second kappa shape index (κ2) is 8.69. The lowest BCUT2D eigenvalue weighted by Crippen LogP contribution is -2.53. The Labute approximate surface area is 152 Å². The minimum atomic E-state index is 0. The molecule has 0 saturated carbocycles. The van der Waals surface area contributed by atoms with Gasteiger partial charge in [0.2, 0.25) is 0 Å². The zero-order valence-corrected chi connectivity index (χ0v) is 15.4. The molecule has 2 unspecified atom stereocenters. The molecule has 3 fully saturated rings. The maximum Gasteiger partial charge on any atom is 0.166 e. The van der Waals surface area contributed by atoms with Crippen LogP contribution >= 0.6 is 12.2 Å². The number of nitrogens with two attached hydrogens (primary N) is 1. The largest absolute Gasteiger partial charge is 0.376 e. The highest BCUT2D eigenvalue weighted by molar-refractivity contribution is 7.80. The summed E-state index contributed by atoms with van der Waals surface area (Å²) < 4.78 is 0. The average Bonchev–Trinajstić information content (AvgIpc) is 3.03. The van der Waals surface area contributed by atoms with Gasteiger partial charge in [-0.3, -0.25) is 9.80 Å². The molecule has 3 heterocycles. The molecule has 0 spiro atoms. The quantitative estimate of drug-likeness (QED) is 0.519. The van der Waals surface area contributed by atoms with Crippen LogP contribution in [-0.2, 0) is 0 Å². The molecule has 136 valence electrons.